The van der Waals surface area contributed by atoms with Gasteiger partial charge in [-0.05, 0) is 41.0 Å². The molecule has 2 aliphatic heterocycles. The highest BCUT2D eigenvalue weighted by Crippen LogP contribution is 2.51. The fourth-order valence-electron chi connectivity index (χ4n) is 6.09. The molecule has 2 aliphatic rings. The lowest BCUT2D eigenvalue weighted by molar-refractivity contribution is 0.624. The molecule has 3 aromatic carbocycles. The molecule has 0 unspecified atom stereocenters. The second-order valence-corrected chi connectivity index (χ2v) is 10.2. The van der Waals surface area contributed by atoms with E-state index in [1.165, 1.54) is 55.4 Å². The number of benzene rings is 3. The smallest absolute Gasteiger partial charge is 0.141 e. The largest absolute Gasteiger partial charge is 0.355 e. The summed E-state index contributed by atoms with van der Waals surface area (Å²) in [6.45, 7) is 9.30. The lowest BCUT2D eigenvalue weighted by Gasteiger charge is -2.36. The van der Waals surface area contributed by atoms with Gasteiger partial charge < -0.3 is 5.32 Å². The van der Waals surface area contributed by atoms with Crippen molar-refractivity contribution in [1.82, 2.24) is 9.55 Å². The molecule has 0 amide bonds. The normalized spacial score (nSPS) is 16.9. The van der Waals surface area contributed by atoms with Crippen molar-refractivity contribution < 1.29 is 0 Å². The van der Waals surface area contributed by atoms with Crippen molar-refractivity contribution in [3.8, 4) is 5.82 Å². The van der Waals surface area contributed by atoms with Gasteiger partial charge in [-0.2, -0.15) is 0 Å². The standard InChI is InChI=1S/C29H25N3/c1-28(2)19-10-5-6-13-23(19)31-24-16-25-18(15-22(24)28)17-9-7-11-20-26(17)32(25)27-21(29(20,3)4)12-8-14-30-27/h5-16,31H,1-4H3. The van der Waals surface area contributed by atoms with E-state index in [0.29, 0.717) is 0 Å². The molecule has 0 radical (unpaired) electrons. The third-order valence-electron chi connectivity index (χ3n) is 7.81. The third-order valence-corrected chi connectivity index (χ3v) is 7.81. The van der Waals surface area contributed by atoms with E-state index >= 15 is 0 Å². The van der Waals surface area contributed by atoms with Crippen LogP contribution in [0.1, 0.15) is 49.9 Å². The number of anilines is 2. The first-order chi connectivity index (χ1) is 15.4. The Balaban J connectivity index is 1.65. The van der Waals surface area contributed by atoms with Crippen LogP contribution in [0.15, 0.2) is 72.9 Å². The molecule has 0 fully saturated rings. The molecule has 4 heterocycles. The molecule has 0 saturated carbocycles. The second-order valence-electron chi connectivity index (χ2n) is 10.2. The van der Waals surface area contributed by atoms with E-state index in [0.717, 1.165) is 5.82 Å². The maximum absolute atomic E-state index is 4.88. The fourth-order valence-corrected chi connectivity index (χ4v) is 6.09. The van der Waals surface area contributed by atoms with Crippen molar-refractivity contribution in [2.24, 2.45) is 0 Å². The van der Waals surface area contributed by atoms with Gasteiger partial charge in [0.05, 0.1) is 11.0 Å². The van der Waals surface area contributed by atoms with Gasteiger partial charge in [0.15, 0.2) is 0 Å². The lowest BCUT2D eigenvalue weighted by atomic mass is 9.74. The summed E-state index contributed by atoms with van der Waals surface area (Å²) in [7, 11) is 0. The van der Waals surface area contributed by atoms with Crippen LogP contribution in [-0.4, -0.2) is 9.55 Å². The number of pyridine rings is 1. The number of fused-ring (bicyclic) bond motifs is 7. The van der Waals surface area contributed by atoms with E-state index in [4.69, 9.17) is 4.98 Å². The van der Waals surface area contributed by atoms with Gasteiger partial charge in [0.25, 0.3) is 0 Å². The Labute approximate surface area is 187 Å². The van der Waals surface area contributed by atoms with E-state index in [1.54, 1.807) is 0 Å². The van der Waals surface area contributed by atoms with Crippen LogP contribution in [0.3, 0.4) is 0 Å². The number of para-hydroxylation sites is 2. The van der Waals surface area contributed by atoms with Gasteiger partial charge >= 0.3 is 0 Å². The molecule has 7 rings (SSSR count). The second kappa shape index (κ2) is 5.60. The van der Waals surface area contributed by atoms with Crippen molar-refractivity contribution in [3.63, 3.8) is 0 Å². The fraction of sp³-hybridized carbons (Fsp3) is 0.207. The SMILES string of the molecule is CC1(C)c2ccccc2Nc2cc3c(cc21)c1cccc2c1n3-c1ncccc1C2(C)C. The van der Waals surface area contributed by atoms with Gasteiger partial charge in [-0.15, -0.1) is 0 Å². The maximum atomic E-state index is 4.88. The van der Waals surface area contributed by atoms with Crippen molar-refractivity contribution in [1.29, 1.82) is 0 Å². The van der Waals surface area contributed by atoms with Gasteiger partial charge in [-0.3, -0.25) is 4.57 Å². The Kier molecular flexibility index (Phi) is 3.16. The molecule has 1 N–H and O–H groups in total. The molecule has 156 valence electrons. The Hall–Kier alpha value is -3.59. The number of nitrogens with one attached hydrogen (secondary N) is 1. The summed E-state index contributed by atoms with van der Waals surface area (Å²) in [6, 6.07) is 24.5. The minimum atomic E-state index is -0.0964. The maximum Gasteiger partial charge on any atom is 0.141 e. The summed E-state index contributed by atoms with van der Waals surface area (Å²) in [4.78, 5) is 4.88. The Morgan fingerprint density at radius 3 is 2.31 bits per heavy atom. The number of rotatable bonds is 0. The highest BCUT2D eigenvalue weighted by molar-refractivity contribution is 6.13. The number of nitrogens with zero attached hydrogens (tertiary/aromatic N) is 2. The molecular formula is C29H25N3. The van der Waals surface area contributed by atoms with Crippen LogP contribution in [0.4, 0.5) is 11.4 Å². The summed E-state index contributed by atoms with van der Waals surface area (Å²) in [5.41, 5.74) is 10.0. The zero-order valence-electron chi connectivity index (χ0n) is 18.8. The van der Waals surface area contributed by atoms with Crippen molar-refractivity contribution in [3.05, 3.63) is 95.2 Å². The lowest BCUT2D eigenvalue weighted by Crippen LogP contribution is -2.27. The molecule has 3 nitrogen and oxygen atoms in total. The summed E-state index contributed by atoms with van der Waals surface area (Å²) >= 11 is 0. The number of hydrogen-bond donors (Lipinski definition) is 1. The molecule has 3 heteroatoms. The van der Waals surface area contributed by atoms with Crippen LogP contribution in [0.5, 0.6) is 0 Å². The number of aromatic nitrogens is 2. The third kappa shape index (κ3) is 2.00. The van der Waals surface area contributed by atoms with Crippen LogP contribution in [0.25, 0.3) is 27.6 Å². The van der Waals surface area contributed by atoms with Crippen molar-refractivity contribution in [2.75, 3.05) is 5.32 Å². The summed E-state index contributed by atoms with van der Waals surface area (Å²) in [5, 5.41) is 6.32. The van der Waals surface area contributed by atoms with Crippen LogP contribution in [0, 0.1) is 0 Å². The van der Waals surface area contributed by atoms with Crippen LogP contribution < -0.4 is 5.32 Å². The Bertz CT molecular complexity index is 1600. The molecule has 32 heavy (non-hydrogen) atoms. The van der Waals surface area contributed by atoms with E-state index in [2.05, 4.69) is 104 Å². The zero-order valence-corrected chi connectivity index (χ0v) is 18.8. The first-order valence-corrected chi connectivity index (χ1v) is 11.3. The highest BCUT2D eigenvalue weighted by atomic mass is 15.1. The molecule has 0 aliphatic carbocycles. The molecular weight excluding hydrogens is 390 g/mol. The average Bonchev–Trinajstić information content (AvgIpc) is 3.11. The van der Waals surface area contributed by atoms with Gasteiger partial charge in [0, 0.05) is 44.7 Å². The van der Waals surface area contributed by atoms with Crippen molar-refractivity contribution in [2.45, 2.75) is 38.5 Å². The minimum Gasteiger partial charge on any atom is -0.355 e. The number of hydrogen-bond acceptors (Lipinski definition) is 2. The summed E-state index contributed by atoms with van der Waals surface area (Å²) < 4.78 is 2.38. The zero-order chi connectivity index (χ0) is 21.8. The highest BCUT2D eigenvalue weighted by Gasteiger charge is 2.37. The molecule has 0 atom stereocenters. The van der Waals surface area contributed by atoms with E-state index in [9.17, 15) is 0 Å². The molecule has 5 aromatic rings. The predicted molar refractivity (Wildman–Crippen MR) is 133 cm³/mol. The van der Waals surface area contributed by atoms with E-state index in [-0.39, 0.29) is 10.8 Å². The Morgan fingerprint density at radius 1 is 0.688 bits per heavy atom. The summed E-state index contributed by atoms with van der Waals surface area (Å²) in [6.07, 6.45) is 1.91. The summed E-state index contributed by atoms with van der Waals surface area (Å²) in [5.74, 6) is 1.05. The first kappa shape index (κ1) is 18.0. The van der Waals surface area contributed by atoms with E-state index < -0.39 is 0 Å². The molecule has 0 bridgehead atoms. The molecule has 0 spiro atoms. The van der Waals surface area contributed by atoms with Crippen LogP contribution in [-0.2, 0) is 10.8 Å². The van der Waals surface area contributed by atoms with Crippen LogP contribution >= 0.6 is 0 Å². The van der Waals surface area contributed by atoms with E-state index in [1.807, 2.05) is 6.20 Å². The van der Waals surface area contributed by atoms with Gasteiger partial charge in [-0.25, -0.2) is 4.98 Å². The minimum absolute atomic E-state index is 0.0764. The van der Waals surface area contributed by atoms with Gasteiger partial charge in [0.2, 0.25) is 0 Å². The topological polar surface area (TPSA) is 29.9 Å². The monoisotopic (exact) mass is 415 g/mol. The molecule has 0 saturated heterocycles. The molecule has 2 aromatic heterocycles. The van der Waals surface area contributed by atoms with Crippen LogP contribution in [0.2, 0.25) is 0 Å². The average molecular weight is 416 g/mol. The quantitative estimate of drug-likeness (QED) is 0.290. The van der Waals surface area contributed by atoms with Gasteiger partial charge in [-0.1, -0.05) is 70.2 Å². The Morgan fingerprint density at radius 2 is 1.44 bits per heavy atom. The first-order valence-electron chi connectivity index (χ1n) is 11.3. The predicted octanol–water partition coefficient (Wildman–Crippen LogP) is 7.20. The van der Waals surface area contributed by atoms with Crippen molar-refractivity contribution >= 4 is 33.2 Å². The van der Waals surface area contributed by atoms with Gasteiger partial charge in [0.1, 0.15) is 5.82 Å².